The van der Waals surface area contributed by atoms with E-state index in [1.807, 2.05) is 18.7 Å². The van der Waals surface area contributed by atoms with E-state index in [1.165, 1.54) is 0 Å². The van der Waals surface area contributed by atoms with Crippen molar-refractivity contribution in [2.24, 2.45) is 0 Å². The van der Waals surface area contributed by atoms with E-state index in [4.69, 9.17) is 9.63 Å². The van der Waals surface area contributed by atoms with Gasteiger partial charge >= 0.3 is 5.97 Å². The summed E-state index contributed by atoms with van der Waals surface area (Å²) in [6.45, 7) is 5.19. The Bertz CT molecular complexity index is 402. The highest BCUT2D eigenvalue weighted by Gasteiger charge is 2.31. The predicted octanol–water partition coefficient (Wildman–Crippen LogP) is 1.24. The molecular formula is C11H17N3O3. The minimum absolute atomic E-state index is 0.199. The second-order valence-electron chi connectivity index (χ2n) is 4.67. The van der Waals surface area contributed by atoms with Crippen LogP contribution in [0.25, 0.3) is 0 Å². The monoisotopic (exact) mass is 239 g/mol. The molecule has 1 N–H and O–H groups in total. The lowest BCUT2D eigenvalue weighted by molar-refractivity contribution is -0.142. The van der Waals surface area contributed by atoms with E-state index in [9.17, 15) is 4.79 Å². The predicted molar refractivity (Wildman–Crippen MR) is 59.5 cm³/mol. The fourth-order valence-electron chi connectivity index (χ4n) is 2.04. The molecule has 1 aliphatic heterocycles. The van der Waals surface area contributed by atoms with Crippen molar-refractivity contribution in [3.63, 3.8) is 0 Å². The third-order valence-electron chi connectivity index (χ3n) is 2.97. The van der Waals surface area contributed by atoms with Crippen molar-refractivity contribution in [3.8, 4) is 0 Å². The zero-order valence-electron chi connectivity index (χ0n) is 10.1. The second kappa shape index (κ2) is 4.83. The third-order valence-corrected chi connectivity index (χ3v) is 2.97. The molecule has 0 radical (unpaired) electrons. The van der Waals surface area contributed by atoms with E-state index in [2.05, 4.69) is 10.1 Å². The van der Waals surface area contributed by atoms with E-state index < -0.39 is 12.0 Å². The summed E-state index contributed by atoms with van der Waals surface area (Å²) in [5.41, 5.74) is 0. The van der Waals surface area contributed by atoms with Gasteiger partial charge in [-0.15, -0.1) is 0 Å². The van der Waals surface area contributed by atoms with Crippen LogP contribution in [-0.2, 0) is 11.3 Å². The number of rotatable bonds is 4. The molecule has 2 heterocycles. The first-order valence-electron chi connectivity index (χ1n) is 5.87. The molecule has 0 spiro atoms. The highest BCUT2D eigenvalue weighted by atomic mass is 16.5. The fraction of sp³-hybridized carbons (Fsp3) is 0.727. The maximum absolute atomic E-state index is 11.0. The molecule has 2 rings (SSSR count). The number of carbonyl (C=O) groups is 1. The van der Waals surface area contributed by atoms with Crippen LogP contribution in [0.1, 0.15) is 44.3 Å². The van der Waals surface area contributed by atoms with Gasteiger partial charge in [-0.3, -0.25) is 9.69 Å². The Hall–Kier alpha value is -1.43. The van der Waals surface area contributed by atoms with Gasteiger partial charge in [0.15, 0.2) is 5.82 Å². The van der Waals surface area contributed by atoms with Gasteiger partial charge in [-0.2, -0.15) is 4.98 Å². The van der Waals surface area contributed by atoms with Crippen LogP contribution >= 0.6 is 0 Å². The van der Waals surface area contributed by atoms with Crippen molar-refractivity contribution in [1.82, 2.24) is 15.0 Å². The first-order valence-corrected chi connectivity index (χ1v) is 5.87. The van der Waals surface area contributed by atoms with Gasteiger partial charge in [0, 0.05) is 5.92 Å². The van der Waals surface area contributed by atoms with Gasteiger partial charge in [-0.05, 0) is 19.4 Å². The lowest BCUT2D eigenvalue weighted by Gasteiger charge is -2.18. The number of likely N-dealkylation sites (tertiary alicyclic amines) is 1. The van der Waals surface area contributed by atoms with Crippen LogP contribution in [0.5, 0.6) is 0 Å². The normalized spacial score (nSPS) is 21.2. The number of hydrogen-bond donors (Lipinski definition) is 1. The van der Waals surface area contributed by atoms with Crippen molar-refractivity contribution in [2.45, 2.75) is 45.2 Å². The van der Waals surface area contributed by atoms with Gasteiger partial charge in [0.2, 0.25) is 5.89 Å². The molecule has 1 aliphatic rings. The van der Waals surface area contributed by atoms with Crippen LogP contribution in [0, 0.1) is 0 Å². The van der Waals surface area contributed by atoms with Crippen molar-refractivity contribution in [2.75, 3.05) is 6.54 Å². The molecule has 1 aromatic heterocycles. The first-order chi connectivity index (χ1) is 8.08. The first kappa shape index (κ1) is 12.0. The van der Waals surface area contributed by atoms with Crippen LogP contribution in [0.4, 0.5) is 0 Å². The molecule has 0 amide bonds. The lowest BCUT2D eigenvalue weighted by Crippen LogP contribution is -2.35. The molecule has 0 bridgehead atoms. The lowest BCUT2D eigenvalue weighted by atomic mass is 10.2. The number of carboxylic acids is 1. The summed E-state index contributed by atoms with van der Waals surface area (Å²) >= 11 is 0. The molecule has 6 heteroatoms. The molecule has 17 heavy (non-hydrogen) atoms. The molecule has 1 fully saturated rings. The van der Waals surface area contributed by atoms with E-state index >= 15 is 0 Å². The summed E-state index contributed by atoms with van der Waals surface area (Å²) in [4.78, 5) is 17.2. The number of hydrogen-bond acceptors (Lipinski definition) is 5. The number of nitrogens with zero attached hydrogens (tertiary/aromatic N) is 3. The van der Waals surface area contributed by atoms with Crippen molar-refractivity contribution < 1.29 is 14.4 Å². The minimum atomic E-state index is -0.768. The second-order valence-corrected chi connectivity index (χ2v) is 4.67. The van der Waals surface area contributed by atoms with Gasteiger partial charge in [-0.1, -0.05) is 19.0 Å². The molecule has 1 saturated heterocycles. The molecule has 1 aromatic rings. The Morgan fingerprint density at radius 3 is 3.00 bits per heavy atom. The van der Waals surface area contributed by atoms with Crippen LogP contribution < -0.4 is 0 Å². The Morgan fingerprint density at radius 2 is 2.41 bits per heavy atom. The van der Waals surface area contributed by atoms with Crippen molar-refractivity contribution in [1.29, 1.82) is 0 Å². The van der Waals surface area contributed by atoms with Crippen molar-refractivity contribution in [3.05, 3.63) is 11.7 Å². The maximum Gasteiger partial charge on any atom is 0.320 e. The Labute approximate surface area is 99.6 Å². The summed E-state index contributed by atoms with van der Waals surface area (Å²) in [6.07, 6.45) is 1.61. The smallest absolute Gasteiger partial charge is 0.320 e. The Morgan fingerprint density at radius 1 is 1.65 bits per heavy atom. The SMILES string of the molecule is CC(C)c1nc(CN2CCCC2C(=O)O)no1. The molecule has 1 atom stereocenters. The molecule has 94 valence electrons. The maximum atomic E-state index is 11.0. The van der Waals surface area contributed by atoms with Crippen molar-refractivity contribution >= 4 is 5.97 Å². The van der Waals surface area contributed by atoms with E-state index in [0.29, 0.717) is 24.7 Å². The van der Waals surface area contributed by atoms with Crippen LogP contribution in [0.3, 0.4) is 0 Å². The molecule has 0 saturated carbocycles. The van der Waals surface area contributed by atoms with Gasteiger partial charge in [0.1, 0.15) is 6.04 Å². The Kier molecular flexibility index (Phi) is 3.42. The average Bonchev–Trinajstić information content (AvgIpc) is 2.86. The number of aliphatic carboxylic acids is 1. The quantitative estimate of drug-likeness (QED) is 0.851. The topological polar surface area (TPSA) is 79.5 Å². The highest BCUT2D eigenvalue weighted by molar-refractivity contribution is 5.73. The summed E-state index contributed by atoms with van der Waals surface area (Å²) in [6, 6.07) is -0.406. The standard InChI is InChI=1S/C11H17N3O3/c1-7(2)10-12-9(13-17-10)6-14-5-3-4-8(14)11(15)16/h7-8H,3-6H2,1-2H3,(H,15,16). The average molecular weight is 239 g/mol. The van der Waals surface area contributed by atoms with Gasteiger partial charge < -0.3 is 9.63 Å². The summed E-state index contributed by atoms with van der Waals surface area (Å²) in [5.74, 6) is 0.605. The van der Waals surface area contributed by atoms with E-state index in [1.54, 1.807) is 0 Å². The number of aromatic nitrogens is 2. The summed E-state index contributed by atoms with van der Waals surface area (Å²) in [5, 5.41) is 12.9. The molecular weight excluding hydrogens is 222 g/mol. The van der Waals surface area contributed by atoms with Crippen LogP contribution in [-0.4, -0.2) is 38.7 Å². The van der Waals surface area contributed by atoms with E-state index in [0.717, 1.165) is 13.0 Å². The van der Waals surface area contributed by atoms with Gasteiger partial charge in [-0.25, -0.2) is 0 Å². The zero-order valence-corrected chi connectivity index (χ0v) is 10.1. The van der Waals surface area contributed by atoms with Crippen LogP contribution in [0.2, 0.25) is 0 Å². The minimum Gasteiger partial charge on any atom is -0.480 e. The molecule has 6 nitrogen and oxygen atoms in total. The van der Waals surface area contributed by atoms with Gasteiger partial charge in [0.05, 0.1) is 6.54 Å². The molecule has 0 aliphatic carbocycles. The summed E-state index contributed by atoms with van der Waals surface area (Å²) < 4.78 is 5.10. The van der Waals surface area contributed by atoms with Crippen LogP contribution in [0.15, 0.2) is 4.52 Å². The number of carboxylic acid groups (broad SMARTS) is 1. The molecule has 0 aromatic carbocycles. The van der Waals surface area contributed by atoms with Gasteiger partial charge in [0.25, 0.3) is 0 Å². The largest absolute Gasteiger partial charge is 0.480 e. The zero-order chi connectivity index (χ0) is 12.4. The highest BCUT2D eigenvalue weighted by Crippen LogP contribution is 2.20. The Balaban J connectivity index is 2.02. The fourth-order valence-corrected chi connectivity index (χ4v) is 2.04. The molecule has 1 unspecified atom stereocenters. The van der Waals surface area contributed by atoms with E-state index in [-0.39, 0.29) is 5.92 Å². The summed E-state index contributed by atoms with van der Waals surface area (Å²) in [7, 11) is 0. The third kappa shape index (κ3) is 2.63.